The molecule has 3 aromatic rings. The summed E-state index contributed by atoms with van der Waals surface area (Å²) in [6, 6.07) is 10.7. The standard InChI is InChI=1S/C19H23N3OS/c1-12(2)22(13(3)4)19(23)15-11-24-18(20-15)17-10-14-8-6-7-9-16(14)21(17)5/h6-13H,1-5H3. The van der Waals surface area contributed by atoms with Crippen LogP contribution in [0.2, 0.25) is 0 Å². The van der Waals surface area contributed by atoms with Crippen LogP contribution in [0, 0.1) is 0 Å². The van der Waals surface area contributed by atoms with Crippen LogP contribution in [0.1, 0.15) is 38.2 Å². The first kappa shape index (κ1) is 16.7. The van der Waals surface area contributed by atoms with Gasteiger partial charge in [0.1, 0.15) is 10.7 Å². The number of nitrogens with zero attached hydrogens (tertiary/aromatic N) is 3. The number of para-hydroxylation sites is 1. The number of thiazole rings is 1. The van der Waals surface area contributed by atoms with Crippen LogP contribution in [0.15, 0.2) is 35.7 Å². The molecule has 0 N–H and O–H groups in total. The molecule has 0 unspecified atom stereocenters. The molecular formula is C19H23N3OS. The lowest BCUT2D eigenvalue weighted by Gasteiger charge is -2.30. The quantitative estimate of drug-likeness (QED) is 0.697. The molecule has 1 amide bonds. The van der Waals surface area contributed by atoms with Crippen LogP contribution in [-0.4, -0.2) is 32.4 Å². The second kappa shape index (κ2) is 6.40. The molecule has 0 saturated heterocycles. The molecule has 3 rings (SSSR count). The zero-order valence-electron chi connectivity index (χ0n) is 14.8. The second-order valence-electron chi connectivity index (χ2n) is 6.59. The molecule has 2 heterocycles. The van der Waals surface area contributed by atoms with Gasteiger partial charge in [-0.25, -0.2) is 4.98 Å². The number of fused-ring (bicyclic) bond motifs is 1. The fraction of sp³-hybridized carbons (Fsp3) is 0.368. The first-order valence-corrected chi connectivity index (χ1v) is 9.11. The molecule has 0 fully saturated rings. The molecule has 4 nitrogen and oxygen atoms in total. The summed E-state index contributed by atoms with van der Waals surface area (Å²) in [7, 11) is 2.04. The lowest BCUT2D eigenvalue weighted by atomic mass is 10.2. The van der Waals surface area contributed by atoms with Gasteiger partial charge in [-0.2, -0.15) is 0 Å². The van der Waals surface area contributed by atoms with Gasteiger partial charge in [0.25, 0.3) is 5.91 Å². The fourth-order valence-electron chi connectivity index (χ4n) is 3.18. The zero-order valence-corrected chi connectivity index (χ0v) is 15.6. The summed E-state index contributed by atoms with van der Waals surface area (Å²) in [6.07, 6.45) is 0. The topological polar surface area (TPSA) is 38.1 Å². The van der Waals surface area contributed by atoms with Crippen molar-refractivity contribution >= 4 is 28.1 Å². The number of rotatable bonds is 4. The lowest BCUT2D eigenvalue weighted by Crippen LogP contribution is -2.42. The van der Waals surface area contributed by atoms with Gasteiger partial charge in [0.15, 0.2) is 0 Å². The Balaban J connectivity index is 1.98. The Hall–Kier alpha value is -2.14. The normalized spacial score (nSPS) is 11.6. The number of hydrogen-bond acceptors (Lipinski definition) is 3. The van der Waals surface area contributed by atoms with Crippen molar-refractivity contribution in [2.24, 2.45) is 7.05 Å². The molecule has 5 heteroatoms. The summed E-state index contributed by atoms with van der Waals surface area (Å²) < 4.78 is 2.13. The Morgan fingerprint density at radius 1 is 1.17 bits per heavy atom. The van der Waals surface area contributed by atoms with E-state index in [4.69, 9.17) is 0 Å². The minimum Gasteiger partial charge on any atom is -0.342 e. The highest BCUT2D eigenvalue weighted by Gasteiger charge is 2.24. The molecular weight excluding hydrogens is 318 g/mol. The molecule has 0 bridgehead atoms. The van der Waals surface area contributed by atoms with Crippen LogP contribution in [0.25, 0.3) is 21.6 Å². The van der Waals surface area contributed by atoms with Gasteiger partial charge in [-0.15, -0.1) is 11.3 Å². The third-order valence-electron chi connectivity index (χ3n) is 4.24. The summed E-state index contributed by atoms with van der Waals surface area (Å²) in [5.41, 5.74) is 2.74. The largest absolute Gasteiger partial charge is 0.342 e. The number of carbonyl (C=O) groups is 1. The van der Waals surface area contributed by atoms with Gasteiger partial charge in [-0.1, -0.05) is 18.2 Å². The Morgan fingerprint density at radius 2 is 1.83 bits per heavy atom. The number of aromatic nitrogens is 2. The zero-order chi connectivity index (χ0) is 17.4. The second-order valence-corrected chi connectivity index (χ2v) is 7.44. The van der Waals surface area contributed by atoms with E-state index < -0.39 is 0 Å². The SMILES string of the molecule is CC(C)N(C(=O)c1csc(-c2cc3ccccc3n2C)n1)C(C)C. The van der Waals surface area contributed by atoms with E-state index in [1.165, 1.54) is 22.2 Å². The van der Waals surface area contributed by atoms with Gasteiger partial charge in [0, 0.05) is 35.4 Å². The van der Waals surface area contributed by atoms with Crippen LogP contribution in [-0.2, 0) is 7.05 Å². The minimum absolute atomic E-state index is 0.00117. The molecule has 0 atom stereocenters. The van der Waals surface area contributed by atoms with Gasteiger partial charge in [-0.05, 0) is 39.8 Å². The third kappa shape index (κ3) is 2.84. The maximum Gasteiger partial charge on any atom is 0.273 e. The summed E-state index contributed by atoms with van der Waals surface area (Å²) >= 11 is 1.52. The first-order chi connectivity index (χ1) is 11.4. The smallest absolute Gasteiger partial charge is 0.273 e. The molecule has 0 aliphatic heterocycles. The summed E-state index contributed by atoms with van der Waals surface area (Å²) in [5, 5.41) is 3.93. The van der Waals surface area contributed by atoms with Crippen molar-refractivity contribution in [3.8, 4) is 10.7 Å². The molecule has 0 aliphatic rings. The number of aryl methyl sites for hydroxylation is 1. The van der Waals surface area contributed by atoms with Gasteiger partial charge in [0.05, 0.1) is 5.69 Å². The van der Waals surface area contributed by atoms with Crippen LogP contribution in [0.3, 0.4) is 0 Å². The number of hydrogen-bond donors (Lipinski definition) is 0. The number of amides is 1. The monoisotopic (exact) mass is 341 g/mol. The maximum atomic E-state index is 12.8. The molecule has 0 aliphatic carbocycles. The van der Waals surface area contributed by atoms with Crippen molar-refractivity contribution < 1.29 is 4.79 Å². The van der Waals surface area contributed by atoms with Gasteiger partial charge < -0.3 is 9.47 Å². The molecule has 1 aromatic carbocycles. The Labute approximate surface area is 146 Å². The van der Waals surface area contributed by atoms with E-state index in [0.717, 1.165) is 10.7 Å². The molecule has 2 aromatic heterocycles. The van der Waals surface area contributed by atoms with E-state index in [1.807, 2.05) is 57.2 Å². The molecule has 126 valence electrons. The van der Waals surface area contributed by atoms with Gasteiger partial charge in [0.2, 0.25) is 0 Å². The van der Waals surface area contributed by atoms with Gasteiger partial charge >= 0.3 is 0 Å². The van der Waals surface area contributed by atoms with Crippen molar-refractivity contribution in [2.75, 3.05) is 0 Å². The highest BCUT2D eigenvalue weighted by molar-refractivity contribution is 7.13. The molecule has 24 heavy (non-hydrogen) atoms. The summed E-state index contributed by atoms with van der Waals surface area (Å²) in [4.78, 5) is 19.3. The average molecular weight is 341 g/mol. The van der Waals surface area contributed by atoms with Crippen molar-refractivity contribution in [3.05, 3.63) is 41.4 Å². The maximum absolute atomic E-state index is 12.8. The van der Waals surface area contributed by atoms with E-state index in [-0.39, 0.29) is 18.0 Å². The highest BCUT2D eigenvalue weighted by Crippen LogP contribution is 2.30. The van der Waals surface area contributed by atoms with Crippen molar-refractivity contribution in [3.63, 3.8) is 0 Å². The van der Waals surface area contributed by atoms with Crippen LogP contribution >= 0.6 is 11.3 Å². The van der Waals surface area contributed by atoms with Crippen molar-refractivity contribution in [2.45, 2.75) is 39.8 Å². The van der Waals surface area contributed by atoms with E-state index >= 15 is 0 Å². The highest BCUT2D eigenvalue weighted by atomic mass is 32.1. The summed E-state index contributed by atoms with van der Waals surface area (Å²) in [5.74, 6) is 0.00117. The van der Waals surface area contributed by atoms with E-state index in [9.17, 15) is 4.79 Å². The predicted octanol–water partition coefficient (Wildman–Crippen LogP) is 4.56. The van der Waals surface area contributed by atoms with Crippen LogP contribution in [0.4, 0.5) is 0 Å². The number of carbonyl (C=O) groups excluding carboxylic acids is 1. The minimum atomic E-state index is 0.00117. The van der Waals surface area contributed by atoms with Gasteiger partial charge in [-0.3, -0.25) is 4.79 Å². The van der Waals surface area contributed by atoms with Crippen LogP contribution < -0.4 is 0 Å². The predicted molar refractivity (Wildman–Crippen MR) is 100 cm³/mol. The van der Waals surface area contributed by atoms with Crippen LogP contribution in [0.5, 0.6) is 0 Å². The first-order valence-electron chi connectivity index (χ1n) is 8.23. The molecule has 0 saturated carbocycles. The van der Waals surface area contributed by atoms with E-state index in [1.54, 1.807) is 0 Å². The van der Waals surface area contributed by atoms with E-state index in [2.05, 4.69) is 27.8 Å². The third-order valence-corrected chi connectivity index (χ3v) is 5.11. The lowest BCUT2D eigenvalue weighted by molar-refractivity contribution is 0.0638. The number of benzene rings is 1. The Morgan fingerprint density at radius 3 is 2.46 bits per heavy atom. The fourth-order valence-corrected chi connectivity index (χ4v) is 4.03. The molecule has 0 radical (unpaired) electrons. The van der Waals surface area contributed by atoms with Crippen molar-refractivity contribution in [1.82, 2.24) is 14.5 Å². The Kier molecular flexibility index (Phi) is 4.45. The average Bonchev–Trinajstić information content (AvgIpc) is 3.12. The van der Waals surface area contributed by atoms with E-state index in [0.29, 0.717) is 5.69 Å². The molecule has 0 spiro atoms. The van der Waals surface area contributed by atoms with Crippen molar-refractivity contribution in [1.29, 1.82) is 0 Å². The summed E-state index contributed by atoms with van der Waals surface area (Å²) in [6.45, 7) is 8.15. The Bertz CT molecular complexity index is 868.